The summed E-state index contributed by atoms with van der Waals surface area (Å²) in [6, 6.07) is 4.20. The molecule has 0 N–H and O–H groups in total. The number of hydrogen-bond donors (Lipinski definition) is 0. The third kappa shape index (κ3) is 1.97. The smallest absolute Gasteiger partial charge is 0.128 e. The highest BCUT2D eigenvalue weighted by molar-refractivity contribution is 5.85. The quantitative estimate of drug-likeness (QED) is 0.828. The van der Waals surface area contributed by atoms with E-state index in [2.05, 4.69) is 27.1 Å². The van der Waals surface area contributed by atoms with E-state index in [1.807, 2.05) is 6.20 Å². The molecule has 3 heterocycles. The average Bonchev–Trinajstić information content (AvgIpc) is 3.42. The van der Waals surface area contributed by atoms with E-state index in [-0.39, 0.29) is 11.1 Å². The van der Waals surface area contributed by atoms with Gasteiger partial charge < -0.3 is 14.8 Å². The van der Waals surface area contributed by atoms with Gasteiger partial charge in [-0.05, 0) is 42.7 Å². The molecule has 3 aliphatic rings. The predicted molar refractivity (Wildman–Crippen MR) is 80.9 cm³/mol. The van der Waals surface area contributed by atoms with Crippen molar-refractivity contribution in [1.29, 1.82) is 0 Å². The number of aromatic carboxylic acids is 1. The Labute approximate surface area is 133 Å². The molecule has 0 bridgehead atoms. The lowest BCUT2D eigenvalue weighted by atomic mass is 10.1. The molecule has 1 aliphatic heterocycles. The Hall–Kier alpha value is -2.37. The third-order valence-electron chi connectivity index (χ3n) is 5.57. The largest absolute Gasteiger partial charge is 0.545 e. The molecule has 2 unspecified atom stereocenters. The van der Waals surface area contributed by atoms with Crippen LogP contribution >= 0.6 is 0 Å². The van der Waals surface area contributed by atoms with Gasteiger partial charge in [-0.1, -0.05) is 6.07 Å². The molecule has 0 radical (unpaired) electrons. The van der Waals surface area contributed by atoms with Crippen molar-refractivity contribution in [2.45, 2.75) is 24.8 Å². The Bertz CT molecular complexity index is 768. The van der Waals surface area contributed by atoms with E-state index in [0.717, 1.165) is 49.1 Å². The lowest BCUT2D eigenvalue weighted by molar-refractivity contribution is -0.255. The maximum Gasteiger partial charge on any atom is 0.128 e. The first-order chi connectivity index (χ1) is 11.2. The molecule has 23 heavy (non-hydrogen) atoms. The van der Waals surface area contributed by atoms with E-state index in [1.54, 1.807) is 10.9 Å². The molecular formula is C17H17N4O2-. The van der Waals surface area contributed by atoms with E-state index in [0.29, 0.717) is 0 Å². The van der Waals surface area contributed by atoms with Crippen LogP contribution < -0.4 is 10.0 Å². The first-order valence-electron chi connectivity index (χ1n) is 8.14. The van der Waals surface area contributed by atoms with Crippen LogP contribution in [0, 0.1) is 11.8 Å². The fourth-order valence-corrected chi connectivity index (χ4v) is 3.86. The van der Waals surface area contributed by atoms with Gasteiger partial charge in [0.05, 0.1) is 17.7 Å². The first-order valence-corrected chi connectivity index (χ1v) is 8.14. The molecule has 5 rings (SSSR count). The maximum atomic E-state index is 10.9. The summed E-state index contributed by atoms with van der Waals surface area (Å²) in [5, 5.41) is 15.2. The van der Waals surface area contributed by atoms with E-state index in [1.165, 1.54) is 12.6 Å². The normalized spacial score (nSPS) is 26.9. The molecule has 2 aromatic rings. The Morgan fingerprint density at radius 2 is 2.00 bits per heavy atom. The summed E-state index contributed by atoms with van der Waals surface area (Å²) in [7, 11) is 0. The van der Waals surface area contributed by atoms with Crippen LogP contribution in [0.4, 0.5) is 5.82 Å². The van der Waals surface area contributed by atoms with Crippen LogP contribution in [0.2, 0.25) is 0 Å². The van der Waals surface area contributed by atoms with Gasteiger partial charge in [-0.25, -0.2) is 4.98 Å². The third-order valence-corrected chi connectivity index (χ3v) is 5.57. The first kappa shape index (κ1) is 13.1. The second-order valence-corrected chi connectivity index (χ2v) is 7.06. The van der Waals surface area contributed by atoms with E-state index >= 15 is 0 Å². The number of fused-ring (bicyclic) bond motifs is 1. The fourth-order valence-electron chi connectivity index (χ4n) is 3.86. The number of rotatable bonds is 4. The zero-order valence-electron chi connectivity index (χ0n) is 12.7. The summed E-state index contributed by atoms with van der Waals surface area (Å²) in [5.74, 6) is 1.64. The van der Waals surface area contributed by atoms with Crippen molar-refractivity contribution in [2.24, 2.45) is 11.8 Å². The molecule has 2 atom stereocenters. The Balaban J connectivity index is 1.41. The minimum Gasteiger partial charge on any atom is -0.545 e. The molecule has 1 saturated heterocycles. The van der Waals surface area contributed by atoms with Gasteiger partial charge in [0, 0.05) is 31.0 Å². The Morgan fingerprint density at radius 3 is 2.57 bits per heavy atom. The molecule has 0 spiro atoms. The number of pyridine rings is 1. The zero-order valence-corrected chi connectivity index (χ0v) is 12.7. The van der Waals surface area contributed by atoms with Crippen molar-refractivity contribution < 1.29 is 9.90 Å². The number of carboxylic acid groups (broad SMARTS) is 1. The average molecular weight is 309 g/mol. The summed E-state index contributed by atoms with van der Waals surface area (Å²) in [6.07, 6.45) is 8.13. The van der Waals surface area contributed by atoms with Gasteiger partial charge in [0.25, 0.3) is 0 Å². The van der Waals surface area contributed by atoms with E-state index in [4.69, 9.17) is 0 Å². The maximum absolute atomic E-state index is 10.9. The highest BCUT2D eigenvalue weighted by Crippen LogP contribution is 2.49. The molecule has 2 aliphatic carbocycles. The van der Waals surface area contributed by atoms with Gasteiger partial charge in [-0.3, -0.25) is 4.68 Å². The van der Waals surface area contributed by atoms with Crippen LogP contribution in [-0.2, 0) is 5.54 Å². The summed E-state index contributed by atoms with van der Waals surface area (Å²) in [5.41, 5.74) is 0.989. The summed E-state index contributed by atoms with van der Waals surface area (Å²) >= 11 is 0. The number of piperidine rings is 1. The molecule has 2 aromatic heterocycles. The number of anilines is 1. The van der Waals surface area contributed by atoms with Crippen LogP contribution in [0.15, 0.2) is 30.7 Å². The standard InChI is InChI=1S/C17H18N4O2/c22-16(23)13-6-19-21(10-13)17(3-4-17)14-1-2-15(18-7-14)20-8-11-5-12(11)9-20/h1-2,6-7,10-12H,3-5,8-9H2,(H,22,23)/p-1. The zero-order chi connectivity index (χ0) is 15.6. The number of nitrogens with zero attached hydrogens (tertiary/aromatic N) is 4. The van der Waals surface area contributed by atoms with Crippen molar-refractivity contribution in [3.8, 4) is 0 Å². The molecule has 0 aromatic carbocycles. The van der Waals surface area contributed by atoms with Gasteiger partial charge in [-0.2, -0.15) is 5.10 Å². The van der Waals surface area contributed by atoms with Gasteiger partial charge in [0.15, 0.2) is 0 Å². The van der Waals surface area contributed by atoms with Crippen molar-refractivity contribution in [1.82, 2.24) is 14.8 Å². The number of carboxylic acids is 1. The van der Waals surface area contributed by atoms with E-state index in [9.17, 15) is 9.90 Å². The van der Waals surface area contributed by atoms with Crippen molar-refractivity contribution in [3.05, 3.63) is 41.9 Å². The number of carbonyl (C=O) groups is 1. The molecule has 0 amide bonds. The molecule has 118 valence electrons. The lowest BCUT2D eigenvalue weighted by Crippen LogP contribution is -2.24. The molecule has 3 fully saturated rings. The van der Waals surface area contributed by atoms with Crippen LogP contribution in [0.5, 0.6) is 0 Å². The van der Waals surface area contributed by atoms with Crippen molar-refractivity contribution in [3.63, 3.8) is 0 Å². The number of aromatic nitrogens is 3. The SMILES string of the molecule is O=C([O-])c1cnn(C2(c3ccc(N4CC5CC5C4)nc3)CC2)c1. The van der Waals surface area contributed by atoms with Crippen LogP contribution in [0.3, 0.4) is 0 Å². The Kier molecular flexibility index (Phi) is 2.47. The summed E-state index contributed by atoms with van der Waals surface area (Å²) < 4.78 is 1.75. The van der Waals surface area contributed by atoms with Crippen LogP contribution in [0.25, 0.3) is 0 Å². The molecule has 6 heteroatoms. The summed E-state index contributed by atoms with van der Waals surface area (Å²) in [4.78, 5) is 17.9. The second kappa shape index (κ2) is 4.34. The highest BCUT2D eigenvalue weighted by Gasteiger charge is 2.48. The van der Waals surface area contributed by atoms with Crippen LogP contribution in [0.1, 0.15) is 35.2 Å². The highest BCUT2D eigenvalue weighted by atomic mass is 16.4. The minimum atomic E-state index is -1.19. The topological polar surface area (TPSA) is 74.1 Å². The molecule has 6 nitrogen and oxygen atoms in total. The Morgan fingerprint density at radius 1 is 1.22 bits per heavy atom. The van der Waals surface area contributed by atoms with Gasteiger partial charge in [0.1, 0.15) is 5.82 Å². The van der Waals surface area contributed by atoms with Crippen molar-refractivity contribution in [2.75, 3.05) is 18.0 Å². The van der Waals surface area contributed by atoms with E-state index < -0.39 is 5.97 Å². The molecular weight excluding hydrogens is 292 g/mol. The van der Waals surface area contributed by atoms with Gasteiger partial charge >= 0.3 is 0 Å². The summed E-state index contributed by atoms with van der Waals surface area (Å²) in [6.45, 7) is 2.27. The molecule has 2 saturated carbocycles. The number of hydrogen-bond acceptors (Lipinski definition) is 5. The van der Waals surface area contributed by atoms with Crippen molar-refractivity contribution >= 4 is 11.8 Å². The fraction of sp³-hybridized carbons (Fsp3) is 0.471. The lowest BCUT2D eigenvalue weighted by Gasteiger charge is -2.21. The minimum absolute atomic E-state index is 0.122. The monoisotopic (exact) mass is 309 g/mol. The second-order valence-electron chi connectivity index (χ2n) is 7.06. The predicted octanol–water partition coefficient (Wildman–Crippen LogP) is 0.635. The van der Waals surface area contributed by atoms with Gasteiger partial charge in [-0.15, -0.1) is 0 Å². The van der Waals surface area contributed by atoms with Crippen LogP contribution in [-0.4, -0.2) is 33.8 Å². The van der Waals surface area contributed by atoms with Gasteiger partial charge in [0.2, 0.25) is 0 Å². The number of carbonyl (C=O) groups excluding carboxylic acids is 1.